The van der Waals surface area contributed by atoms with Crippen molar-refractivity contribution in [2.24, 2.45) is 0 Å². The number of para-hydroxylation sites is 1. The highest BCUT2D eigenvalue weighted by Crippen LogP contribution is 2.06. The van der Waals surface area contributed by atoms with Gasteiger partial charge in [-0.2, -0.15) is 0 Å². The molecular formula is C13H17N3O4. The summed E-state index contributed by atoms with van der Waals surface area (Å²) in [6.07, 6.45) is -0.825. The van der Waals surface area contributed by atoms with Crippen molar-refractivity contribution in [2.45, 2.75) is 6.42 Å². The second-order valence-electron chi connectivity index (χ2n) is 3.84. The summed E-state index contributed by atoms with van der Waals surface area (Å²) in [5.74, 6) is -0.297. The smallest absolute Gasteiger partial charge is 0.417 e. The van der Waals surface area contributed by atoms with Crippen LogP contribution in [0.4, 0.5) is 15.3 Å². The lowest BCUT2D eigenvalue weighted by Crippen LogP contribution is -2.43. The Hall–Kier alpha value is -2.57. The van der Waals surface area contributed by atoms with Crippen molar-refractivity contribution in [2.75, 3.05) is 26.0 Å². The predicted molar refractivity (Wildman–Crippen MR) is 73.3 cm³/mol. The van der Waals surface area contributed by atoms with Gasteiger partial charge in [-0.05, 0) is 12.1 Å². The Balaban J connectivity index is 2.52. The molecule has 1 aromatic carbocycles. The van der Waals surface area contributed by atoms with Gasteiger partial charge in [0.1, 0.15) is 0 Å². The molecule has 20 heavy (non-hydrogen) atoms. The number of amides is 4. The van der Waals surface area contributed by atoms with E-state index in [0.717, 1.165) is 4.90 Å². The molecule has 0 unspecified atom stereocenters. The van der Waals surface area contributed by atoms with E-state index in [9.17, 15) is 14.4 Å². The quantitative estimate of drug-likeness (QED) is 0.872. The Labute approximate surface area is 116 Å². The topological polar surface area (TPSA) is 87.7 Å². The van der Waals surface area contributed by atoms with Crippen LogP contribution in [0.2, 0.25) is 0 Å². The fourth-order valence-corrected chi connectivity index (χ4v) is 1.48. The van der Waals surface area contributed by atoms with Gasteiger partial charge in [0.2, 0.25) is 5.91 Å². The largest absolute Gasteiger partial charge is 0.452 e. The lowest BCUT2D eigenvalue weighted by Gasteiger charge is -2.18. The van der Waals surface area contributed by atoms with Crippen LogP contribution in [0.25, 0.3) is 0 Å². The third-order valence-electron chi connectivity index (χ3n) is 2.47. The van der Waals surface area contributed by atoms with E-state index in [1.54, 1.807) is 24.3 Å². The van der Waals surface area contributed by atoms with Gasteiger partial charge in [0.15, 0.2) is 0 Å². The Morgan fingerprint density at radius 3 is 2.40 bits per heavy atom. The number of anilines is 1. The maximum atomic E-state index is 11.7. The van der Waals surface area contributed by atoms with Crippen LogP contribution in [0, 0.1) is 0 Å². The molecule has 7 nitrogen and oxygen atoms in total. The minimum Gasteiger partial charge on any atom is -0.452 e. The number of urea groups is 1. The Kier molecular flexibility index (Phi) is 6.02. The normalized spacial score (nSPS) is 9.50. The number of hydrogen-bond donors (Lipinski definition) is 2. The summed E-state index contributed by atoms with van der Waals surface area (Å²) in [6, 6.07) is 8.29. The minimum absolute atomic E-state index is 0.0165. The van der Waals surface area contributed by atoms with E-state index < -0.39 is 12.1 Å². The lowest BCUT2D eigenvalue weighted by atomic mass is 10.3. The first-order valence-corrected chi connectivity index (χ1v) is 6.00. The fourth-order valence-electron chi connectivity index (χ4n) is 1.48. The molecule has 0 aliphatic heterocycles. The first-order chi connectivity index (χ1) is 9.58. The van der Waals surface area contributed by atoms with Gasteiger partial charge in [-0.1, -0.05) is 18.2 Å². The van der Waals surface area contributed by atoms with Crippen LogP contribution in [0.3, 0.4) is 0 Å². The zero-order valence-corrected chi connectivity index (χ0v) is 11.4. The predicted octanol–water partition coefficient (Wildman–Crippen LogP) is 1.42. The second kappa shape index (κ2) is 7.78. The molecule has 0 fully saturated rings. The van der Waals surface area contributed by atoms with Gasteiger partial charge < -0.3 is 15.4 Å². The molecule has 0 aliphatic rings. The first-order valence-electron chi connectivity index (χ1n) is 6.00. The number of rotatable bonds is 4. The summed E-state index contributed by atoms with van der Waals surface area (Å²) in [5.41, 5.74) is 0.655. The molecule has 0 heterocycles. The van der Waals surface area contributed by atoms with Crippen LogP contribution >= 0.6 is 0 Å². The minimum atomic E-state index is -0.808. The average Bonchev–Trinajstić information content (AvgIpc) is 2.47. The third-order valence-corrected chi connectivity index (χ3v) is 2.47. The number of carbonyl (C=O) groups excluding carboxylic acids is 3. The average molecular weight is 279 g/mol. The molecule has 0 saturated carbocycles. The van der Waals surface area contributed by atoms with Gasteiger partial charge in [0, 0.05) is 25.7 Å². The standard InChI is InChI=1S/C13H17N3O4/c1-14-12(18)16(13(19)20-2)9-8-11(17)15-10-6-4-3-5-7-10/h3-7H,8-9H2,1-2H3,(H,14,18)(H,15,17). The molecule has 1 rings (SSSR count). The molecule has 0 atom stereocenters. The third kappa shape index (κ3) is 4.60. The zero-order chi connectivity index (χ0) is 15.0. The van der Waals surface area contributed by atoms with Crippen molar-refractivity contribution in [3.63, 3.8) is 0 Å². The summed E-state index contributed by atoms with van der Waals surface area (Å²) in [7, 11) is 2.56. The van der Waals surface area contributed by atoms with Gasteiger partial charge in [-0.25, -0.2) is 14.5 Å². The Morgan fingerprint density at radius 2 is 1.85 bits per heavy atom. The molecule has 0 saturated heterocycles. The molecular weight excluding hydrogens is 262 g/mol. The van der Waals surface area contributed by atoms with Crippen molar-refractivity contribution in [1.82, 2.24) is 10.2 Å². The summed E-state index contributed by atoms with van der Waals surface area (Å²) >= 11 is 0. The van der Waals surface area contributed by atoms with Gasteiger partial charge in [-0.15, -0.1) is 0 Å². The number of imide groups is 1. The van der Waals surface area contributed by atoms with E-state index >= 15 is 0 Å². The van der Waals surface area contributed by atoms with Crippen LogP contribution in [0.15, 0.2) is 30.3 Å². The lowest BCUT2D eigenvalue weighted by molar-refractivity contribution is -0.116. The van der Waals surface area contributed by atoms with E-state index in [0.29, 0.717) is 5.69 Å². The van der Waals surface area contributed by atoms with E-state index in [1.807, 2.05) is 6.07 Å². The molecule has 0 radical (unpaired) electrons. The van der Waals surface area contributed by atoms with Crippen LogP contribution in [-0.2, 0) is 9.53 Å². The molecule has 1 aromatic rings. The highest BCUT2D eigenvalue weighted by molar-refractivity contribution is 5.93. The Bertz CT molecular complexity index is 460. The highest BCUT2D eigenvalue weighted by Gasteiger charge is 2.21. The summed E-state index contributed by atoms with van der Waals surface area (Å²) < 4.78 is 4.48. The van der Waals surface area contributed by atoms with Crippen LogP contribution < -0.4 is 10.6 Å². The molecule has 4 amide bonds. The monoisotopic (exact) mass is 279 g/mol. The van der Waals surface area contributed by atoms with E-state index in [2.05, 4.69) is 15.4 Å². The molecule has 0 bridgehead atoms. The number of nitrogens with zero attached hydrogens (tertiary/aromatic N) is 1. The molecule has 108 valence electrons. The number of nitrogens with one attached hydrogen (secondary N) is 2. The number of benzene rings is 1. The maximum Gasteiger partial charge on any atom is 0.417 e. The van der Waals surface area contributed by atoms with Gasteiger partial charge in [-0.3, -0.25) is 4.79 Å². The van der Waals surface area contributed by atoms with Crippen molar-refractivity contribution in [3.05, 3.63) is 30.3 Å². The van der Waals surface area contributed by atoms with Crippen molar-refractivity contribution in [1.29, 1.82) is 0 Å². The number of hydrogen-bond acceptors (Lipinski definition) is 4. The molecule has 0 aromatic heterocycles. The highest BCUT2D eigenvalue weighted by atomic mass is 16.5. The van der Waals surface area contributed by atoms with Gasteiger partial charge >= 0.3 is 12.1 Å². The summed E-state index contributed by atoms with van der Waals surface area (Å²) in [5, 5.41) is 4.97. The molecule has 0 aliphatic carbocycles. The summed E-state index contributed by atoms with van der Waals surface area (Å²) in [6.45, 7) is -0.0645. The second-order valence-corrected chi connectivity index (χ2v) is 3.84. The van der Waals surface area contributed by atoms with E-state index in [1.165, 1.54) is 14.2 Å². The van der Waals surface area contributed by atoms with Crippen molar-refractivity contribution >= 4 is 23.7 Å². The molecule has 0 spiro atoms. The van der Waals surface area contributed by atoms with Gasteiger partial charge in [0.25, 0.3) is 0 Å². The van der Waals surface area contributed by atoms with Crippen molar-refractivity contribution in [3.8, 4) is 0 Å². The van der Waals surface area contributed by atoms with Crippen LogP contribution in [-0.4, -0.2) is 43.6 Å². The molecule has 7 heteroatoms. The van der Waals surface area contributed by atoms with E-state index in [-0.39, 0.29) is 18.9 Å². The van der Waals surface area contributed by atoms with Crippen LogP contribution in [0.5, 0.6) is 0 Å². The maximum absolute atomic E-state index is 11.7. The van der Waals surface area contributed by atoms with E-state index in [4.69, 9.17) is 0 Å². The Morgan fingerprint density at radius 1 is 1.20 bits per heavy atom. The van der Waals surface area contributed by atoms with Gasteiger partial charge in [0.05, 0.1) is 7.11 Å². The van der Waals surface area contributed by atoms with Crippen molar-refractivity contribution < 1.29 is 19.1 Å². The SMILES string of the molecule is CNC(=O)N(CCC(=O)Nc1ccccc1)C(=O)OC. The zero-order valence-electron chi connectivity index (χ0n) is 11.4. The number of methoxy groups -OCH3 is 1. The van der Waals surface area contributed by atoms with Crippen LogP contribution in [0.1, 0.15) is 6.42 Å². The first kappa shape index (κ1) is 15.5. The molecule has 2 N–H and O–H groups in total. The number of ether oxygens (including phenoxy) is 1. The number of carbonyl (C=O) groups is 3. The fraction of sp³-hybridized carbons (Fsp3) is 0.308. The summed E-state index contributed by atoms with van der Waals surface area (Å²) in [4.78, 5) is 35.4.